The number of para-hydroxylation sites is 3. The second-order valence-electron chi connectivity index (χ2n) is 15.9. The molecule has 0 atom stereocenters. The van der Waals surface area contributed by atoms with Gasteiger partial charge in [-0.05, 0) is 98.1 Å². The van der Waals surface area contributed by atoms with Crippen molar-refractivity contribution in [1.82, 2.24) is 0 Å². The molecule has 10 aromatic carbocycles. The summed E-state index contributed by atoms with van der Waals surface area (Å²) in [4.78, 5) is 2.38. The minimum absolute atomic E-state index is 0.596. The van der Waals surface area contributed by atoms with E-state index >= 15 is 0 Å². The minimum Gasteiger partial charge on any atom is -0.457 e. The maximum absolute atomic E-state index is 7.05. The Bertz CT molecular complexity index is 3490. The molecule has 0 saturated heterocycles. The smallest absolute Gasteiger partial charge is 0.159 e. The molecule has 3 nitrogen and oxygen atoms in total. The normalized spacial score (nSPS) is 13.3. The second kappa shape index (κ2) is 12.6. The van der Waals surface area contributed by atoms with Crippen molar-refractivity contribution in [3.63, 3.8) is 0 Å². The molecule has 0 radical (unpaired) electrons. The summed E-state index contributed by atoms with van der Waals surface area (Å²) in [6.45, 7) is 0. The molecule has 1 aliphatic carbocycles. The van der Waals surface area contributed by atoms with E-state index in [2.05, 4.69) is 217 Å². The summed E-state index contributed by atoms with van der Waals surface area (Å²) in [6, 6.07) is 76.6. The molecule has 2 aliphatic rings. The van der Waals surface area contributed by atoms with Gasteiger partial charge in [0.15, 0.2) is 5.58 Å². The van der Waals surface area contributed by atoms with Crippen molar-refractivity contribution >= 4 is 60.5 Å². The van der Waals surface area contributed by atoms with E-state index in [1.54, 1.807) is 0 Å². The molecule has 0 unspecified atom stereocenters. The third-order valence-electron chi connectivity index (χ3n) is 12.9. The number of fused-ring (bicyclic) bond motifs is 15. The third-order valence-corrected chi connectivity index (χ3v) is 12.9. The fourth-order valence-electron chi connectivity index (χ4n) is 10.4. The first-order chi connectivity index (χ1) is 29.8. The first-order valence-corrected chi connectivity index (χ1v) is 20.6. The third kappa shape index (κ3) is 4.54. The lowest BCUT2D eigenvalue weighted by Crippen LogP contribution is -2.32. The second-order valence-corrected chi connectivity index (χ2v) is 15.9. The van der Waals surface area contributed by atoms with Crippen LogP contribution in [-0.4, -0.2) is 0 Å². The molecule has 60 heavy (non-hydrogen) atoms. The van der Waals surface area contributed by atoms with Crippen molar-refractivity contribution in [3.8, 4) is 33.8 Å². The van der Waals surface area contributed by atoms with Gasteiger partial charge in [-0.2, -0.15) is 0 Å². The van der Waals surface area contributed by atoms with Crippen molar-refractivity contribution in [2.45, 2.75) is 5.41 Å². The Labute approximate surface area is 347 Å². The molecule has 0 amide bonds. The lowest BCUT2D eigenvalue weighted by Gasteiger charge is -2.39. The zero-order chi connectivity index (χ0) is 39.4. The summed E-state index contributed by atoms with van der Waals surface area (Å²) in [6.07, 6.45) is 0. The van der Waals surface area contributed by atoms with Crippen LogP contribution in [0.4, 0.5) is 17.1 Å². The Morgan fingerprint density at radius 2 is 0.917 bits per heavy atom. The summed E-state index contributed by atoms with van der Waals surface area (Å²) in [5.41, 5.74) is 13.8. The molecule has 1 aliphatic heterocycles. The molecule has 0 N–H and O–H groups in total. The first kappa shape index (κ1) is 33.1. The number of hydrogen-bond donors (Lipinski definition) is 0. The van der Waals surface area contributed by atoms with Gasteiger partial charge < -0.3 is 14.1 Å². The minimum atomic E-state index is -0.596. The Morgan fingerprint density at radius 1 is 0.350 bits per heavy atom. The predicted molar refractivity (Wildman–Crippen MR) is 246 cm³/mol. The summed E-state index contributed by atoms with van der Waals surface area (Å²) >= 11 is 0. The summed E-state index contributed by atoms with van der Waals surface area (Å²) in [5.74, 6) is 1.76. The number of nitrogens with zero attached hydrogens (tertiary/aromatic N) is 1. The number of furan rings is 1. The largest absolute Gasteiger partial charge is 0.457 e. The van der Waals surface area contributed by atoms with E-state index < -0.39 is 5.41 Å². The number of ether oxygens (including phenoxy) is 1. The van der Waals surface area contributed by atoms with E-state index in [1.165, 1.54) is 44.2 Å². The van der Waals surface area contributed by atoms with Gasteiger partial charge in [0, 0.05) is 38.7 Å². The molecular weight excluding hydrogens is 731 g/mol. The monoisotopic (exact) mass is 765 g/mol. The van der Waals surface area contributed by atoms with Crippen LogP contribution in [-0.2, 0) is 5.41 Å². The van der Waals surface area contributed by atoms with Gasteiger partial charge in [0.1, 0.15) is 17.1 Å². The zero-order valence-corrected chi connectivity index (χ0v) is 32.5. The Balaban J connectivity index is 1.08. The summed E-state index contributed by atoms with van der Waals surface area (Å²) in [7, 11) is 0. The van der Waals surface area contributed by atoms with Crippen molar-refractivity contribution < 1.29 is 9.15 Å². The molecule has 2 heterocycles. The van der Waals surface area contributed by atoms with Crippen LogP contribution in [0.15, 0.2) is 217 Å². The molecule has 13 rings (SSSR count). The molecule has 3 heteroatoms. The molecular formula is C57H35NO2. The van der Waals surface area contributed by atoms with E-state index in [1.807, 2.05) is 0 Å². The molecule has 11 aromatic rings. The standard InChI is InChI=1S/C57H35NO2/c1-3-16-41-36(13-1)15-11-19-42(41)38-27-30-39(31-28-38)58(52-24-12-20-46-47-33-29-37-14-2-4-17-43(37)55(47)60-56(46)52)40-32-34-45-44-18-5-6-21-48(44)57(51(45)35-40)49-22-7-9-25-53(49)59-54-26-10-8-23-50(54)57/h1-35H. The van der Waals surface area contributed by atoms with Gasteiger partial charge >= 0.3 is 0 Å². The van der Waals surface area contributed by atoms with Gasteiger partial charge in [0.25, 0.3) is 0 Å². The average Bonchev–Trinajstić information content (AvgIpc) is 3.84. The predicted octanol–water partition coefficient (Wildman–Crippen LogP) is 15.5. The van der Waals surface area contributed by atoms with Gasteiger partial charge in [-0.15, -0.1) is 0 Å². The van der Waals surface area contributed by atoms with Crippen molar-refractivity contribution in [2.24, 2.45) is 0 Å². The molecule has 0 saturated carbocycles. The van der Waals surface area contributed by atoms with Gasteiger partial charge in [-0.3, -0.25) is 0 Å². The van der Waals surface area contributed by atoms with Crippen LogP contribution in [0.25, 0.3) is 65.7 Å². The van der Waals surface area contributed by atoms with E-state index in [0.717, 1.165) is 72.4 Å². The molecule has 1 aromatic heterocycles. The fraction of sp³-hybridized carbons (Fsp3) is 0.0175. The van der Waals surface area contributed by atoms with Crippen molar-refractivity contribution in [2.75, 3.05) is 4.90 Å². The zero-order valence-electron chi connectivity index (χ0n) is 32.5. The highest BCUT2D eigenvalue weighted by Crippen LogP contribution is 2.62. The first-order valence-electron chi connectivity index (χ1n) is 20.6. The Kier molecular flexibility index (Phi) is 6.93. The fourth-order valence-corrected chi connectivity index (χ4v) is 10.4. The van der Waals surface area contributed by atoms with E-state index in [0.29, 0.717) is 0 Å². The van der Waals surface area contributed by atoms with Gasteiger partial charge in [-0.1, -0.05) is 164 Å². The van der Waals surface area contributed by atoms with Crippen LogP contribution in [0.1, 0.15) is 22.3 Å². The Hall–Kier alpha value is -7.88. The SMILES string of the molecule is c1ccc2c(c1)Oc1ccccc1C21c2ccccc2-c2ccc(N(c3ccc(-c4cccc5ccccc45)cc3)c3cccc4c3oc3c5ccccc5ccc43)cc21. The summed E-state index contributed by atoms with van der Waals surface area (Å²) < 4.78 is 13.7. The van der Waals surface area contributed by atoms with Crippen LogP contribution in [0.3, 0.4) is 0 Å². The molecule has 0 bridgehead atoms. The van der Waals surface area contributed by atoms with Gasteiger partial charge in [0.2, 0.25) is 0 Å². The highest BCUT2D eigenvalue weighted by molar-refractivity contribution is 6.17. The Morgan fingerprint density at radius 3 is 1.72 bits per heavy atom. The van der Waals surface area contributed by atoms with Gasteiger partial charge in [-0.25, -0.2) is 0 Å². The molecule has 280 valence electrons. The number of hydrogen-bond acceptors (Lipinski definition) is 3. The van der Waals surface area contributed by atoms with Crippen molar-refractivity contribution in [3.05, 3.63) is 235 Å². The maximum atomic E-state index is 7.05. The van der Waals surface area contributed by atoms with Gasteiger partial charge in [0.05, 0.1) is 11.1 Å². The average molecular weight is 766 g/mol. The van der Waals surface area contributed by atoms with E-state index in [-0.39, 0.29) is 0 Å². The quantitative estimate of drug-likeness (QED) is 0.178. The molecule has 1 spiro atoms. The topological polar surface area (TPSA) is 25.6 Å². The number of anilines is 3. The number of benzene rings is 10. The lowest BCUT2D eigenvalue weighted by atomic mass is 9.66. The maximum Gasteiger partial charge on any atom is 0.159 e. The van der Waals surface area contributed by atoms with Crippen LogP contribution >= 0.6 is 0 Å². The molecule has 0 fully saturated rings. The van der Waals surface area contributed by atoms with Crippen LogP contribution in [0.5, 0.6) is 11.5 Å². The van der Waals surface area contributed by atoms with E-state index in [4.69, 9.17) is 9.15 Å². The van der Waals surface area contributed by atoms with Crippen molar-refractivity contribution in [1.29, 1.82) is 0 Å². The highest BCUT2D eigenvalue weighted by Gasteiger charge is 2.51. The van der Waals surface area contributed by atoms with Crippen LogP contribution < -0.4 is 9.64 Å². The van der Waals surface area contributed by atoms with Crippen LogP contribution in [0.2, 0.25) is 0 Å². The van der Waals surface area contributed by atoms with Crippen LogP contribution in [0, 0.1) is 0 Å². The number of rotatable bonds is 4. The van der Waals surface area contributed by atoms with E-state index in [9.17, 15) is 0 Å². The highest BCUT2D eigenvalue weighted by atomic mass is 16.5. The summed E-state index contributed by atoms with van der Waals surface area (Å²) in [5, 5.41) is 6.93. The lowest BCUT2D eigenvalue weighted by molar-refractivity contribution is 0.436.